The zero-order chi connectivity index (χ0) is 16.3. The third-order valence-corrected chi connectivity index (χ3v) is 3.81. The molecule has 0 aliphatic heterocycles. The molecular weight excluding hydrogens is 280 g/mol. The van der Waals surface area contributed by atoms with E-state index in [1.807, 2.05) is 17.1 Å². The summed E-state index contributed by atoms with van der Waals surface area (Å²) in [6.45, 7) is 8.96. The molecule has 2 N–H and O–H groups in total. The van der Waals surface area contributed by atoms with Crippen molar-refractivity contribution in [2.24, 2.45) is 5.41 Å². The van der Waals surface area contributed by atoms with Gasteiger partial charge in [0.1, 0.15) is 0 Å². The van der Waals surface area contributed by atoms with Gasteiger partial charge in [-0.25, -0.2) is 9.67 Å². The summed E-state index contributed by atoms with van der Waals surface area (Å²) in [7, 11) is 0. The number of hydrogen-bond acceptors (Lipinski definition) is 4. The molecule has 0 aliphatic rings. The second-order valence-corrected chi connectivity index (χ2v) is 6.56. The standard InChI is InChI=1S/C16H24N4O2/c1-11(2)20-14-13(10-19-20)7-12(9-18-14)8-17-6-5-16(3,4)15(21)22/h7,9-11,17H,5-6,8H2,1-4H3,(H,21,22). The number of pyridine rings is 1. The third-order valence-electron chi connectivity index (χ3n) is 3.81. The molecule has 6 nitrogen and oxygen atoms in total. The maximum atomic E-state index is 11.0. The number of rotatable bonds is 7. The second-order valence-electron chi connectivity index (χ2n) is 6.56. The first kappa shape index (κ1) is 16.4. The van der Waals surface area contributed by atoms with E-state index in [1.54, 1.807) is 13.8 Å². The lowest BCUT2D eigenvalue weighted by molar-refractivity contribution is -0.147. The van der Waals surface area contributed by atoms with Crippen molar-refractivity contribution in [2.75, 3.05) is 6.54 Å². The van der Waals surface area contributed by atoms with E-state index in [2.05, 4.69) is 35.3 Å². The van der Waals surface area contributed by atoms with Crippen molar-refractivity contribution < 1.29 is 9.90 Å². The van der Waals surface area contributed by atoms with Crippen molar-refractivity contribution in [3.63, 3.8) is 0 Å². The Bertz CT molecular complexity index is 661. The quantitative estimate of drug-likeness (QED) is 0.769. The highest BCUT2D eigenvalue weighted by molar-refractivity contribution is 5.75. The highest BCUT2D eigenvalue weighted by Crippen LogP contribution is 2.20. The lowest BCUT2D eigenvalue weighted by atomic mass is 9.90. The van der Waals surface area contributed by atoms with Crippen LogP contribution in [0, 0.1) is 5.41 Å². The zero-order valence-electron chi connectivity index (χ0n) is 13.6. The molecule has 0 saturated carbocycles. The van der Waals surface area contributed by atoms with Crippen LogP contribution in [0.25, 0.3) is 11.0 Å². The Balaban J connectivity index is 1.94. The Kier molecular flexibility index (Phi) is 4.81. The average molecular weight is 304 g/mol. The Morgan fingerprint density at radius 1 is 1.41 bits per heavy atom. The summed E-state index contributed by atoms with van der Waals surface area (Å²) in [5.74, 6) is -0.765. The molecule has 0 saturated heterocycles. The fraction of sp³-hybridized carbons (Fsp3) is 0.562. The lowest BCUT2D eigenvalue weighted by Crippen LogP contribution is -2.28. The van der Waals surface area contributed by atoms with Gasteiger partial charge in [0, 0.05) is 24.2 Å². The predicted octanol–water partition coefficient (Wildman–Crippen LogP) is 2.60. The molecule has 0 spiro atoms. The lowest BCUT2D eigenvalue weighted by Gasteiger charge is -2.18. The van der Waals surface area contributed by atoms with Crippen LogP contribution >= 0.6 is 0 Å². The molecule has 2 aromatic heterocycles. The number of nitrogens with one attached hydrogen (secondary N) is 1. The van der Waals surface area contributed by atoms with E-state index in [0.29, 0.717) is 19.5 Å². The van der Waals surface area contributed by atoms with Crippen LogP contribution in [0.1, 0.15) is 45.7 Å². The molecule has 0 aromatic carbocycles. The van der Waals surface area contributed by atoms with Crippen LogP contribution in [0.2, 0.25) is 0 Å². The molecule has 0 radical (unpaired) electrons. The molecule has 0 unspecified atom stereocenters. The van der Waals surface area contributed by atoms with Gasteiger partial charge in [-0.15, -0.1) is 0 Å². The minimum absolute atomic E-state index is 0.284. The van der Waals surface area contributed by atoms with Crippen LogP contribution < -0.4 is 5.32 Å². The van der Waals surface area contributed by atoms with Gasteiger partial charge in [-0.2, -0.15) is 5.10 Å². The largest absolute Gasteiger partial charge is 0.481 e. The number of carboxylic acid groups (broad SMARTS) is 1. The Hall–Kier alpha value is -1.95. The molecule has 22 heavy (non-hydrogen) atoms. The number of nitrogens with zero attached hydrogens (tertiary/aromatic N) is 3. The van der Waals surface area contributed by atoms with Crippen LogP contribution in [0.3, 0.4) is 0 Å². The summed E-state index contributed by atoms with van der Waals surface area (Å²) in [4.78, 5) is 15.5. The van der Waals surface area contributed by atoms with E-state index < -0.39 is 11.4 Å². The van der Waals surface area contributed by atoms with Gasteiger partial charge in [0.05, 0.1) is 11.6 Å². The zero-order valence-corrected chi connectivity index (χ0v) is 13.6. The molecule has 2 rings (SSSR count). The Morgan fingerprint density at radius 2 is 2.14 bits per heavy atom. The van der Waals surface area contributed by atoms with Gasteiger partial charge in [0.15, 0.2) is 5.65 Å². The molecule has 6 heteroatoms. The maximum Gasteiger partial charge on any atom is 0.309 e. The van der Waals surface area contributed by atoms with Crippen molar-refractivity contribution in [3.8, 4) is 0 Å². The maximum absolute atomic E-state index is 11.0. The molecule has 2 heterocycles. The first-order valence-corrected chi connectivity index (χ1v) is 7.57. The predicted molar refractivity (Wildman–Crippen MR) is 85.7 cm³/mol. The summed E-state index contributed by atoms with van der Waals surface area (Å²) >= 11 is 0. The summed E-state index contributed by atoms with van der Waals surface area (Å²) in [5.41, 5.74) is 1.27. The van der Waals surface area contributed by atoms with E-state index in [1.165, 1.54) is 0 Å². The fourth-order valence-corrected chi connectivity index (χ4v) is 2.20. The van der Waals surface area contributed by atoms with Crippen molar-refractivity contribution >= 4 is 17.0 Å². The van der Waals surface area contributed by atoms with E-state index in [-0.39, 0.29) is 6.04 Å². The average Bonchev–Trinajstić information content (AvgIpc) is 2.86. The van der Waals surface area contributed by atoms with E-state index in [4.69, 9.17) is 5.11 Å². The van der Waals surface area contributed by atoms with Crippen molar-refractivity contribution in [2.45, 2.75) is 46.7 Å². The number of aliphatic carboxylic acids is 1. The molecule has 0 atom stereocenters. The van der Waals surface area contributed by atoms with Crippen LogP contribution in [0.4, 0.5) is 0 Å². The normalized spacial score (nSPS) is 12.2. The molecule has 2 aromatic rings. The van der Waals surface area contributed by atoms with Crippen molar-refractivity contribution in [3.05, 3.63) is 24.0 Å². The SMILES string of the molecule is CC(C)n1ncc2cc(CNCCC(C)(C)C(=O)O)cnc21. The molecule has 0 aliphatic carbocycles. The van der Waals surface area contributed by atoms with Crippen LogP contribution in [0.15, 0.2) is 18.5 Å². The first-order chi connectivity index (χ1) is 10.3. The van der Waals surface area contributed by atoms with Gasteiger partial charge < -0.3 is 10.4 Å². The smallest absolute Gasteiger partial charge is 0.309 e. The number of aromatic nitrogens is 3. The number of fused-ring (bicyclic) bond motifs is 1. The summed E-state index contributed by atoms with van der Waals surface area (Å²) in [5, 5.41) is 17.7. The van der Waals surface area contributed by atoms with Crippen molar-refractivity contribution in [1.82, 2.24) is 20.1 Å². The highest BCUT2D eigenvalue weighted by atomic mass is 16.4. The van der Waals surface area contributed by atoms with Gasteiger partial charge in [-0.3, -0.25) is 4.79 Å². The van der Waals surface area contributed by atoms with Crippen LogP contribution in [-0.4, -0.2) is 32.4 Å². The number of carboxylic acids is 1. The Labute approximate surface area is 130 Å². The van der Waals surface area contributed by atoms with Crippen LogP contribution in [-0.2, 0) is 11.3 Å². The fourth-order valence-electron chi connectivity index (χ4n) is 2.20. The topological polar surface area (TPSA) is 80.0 Å². The Morgan fingerprint density at radius 3 is 2.77 bits per heavy atom. The van der Waals surface area contributed by atoms with Gasteiger partial charge in [0.25, 0.3) is 0 Å². The number of hydrogen-bond donors (Lipinski definition) is 2. The number of carbonyl (C=O) groups is 1. The summed E-state index contributed by atoms with van der Waals surface area (Å²) < 4.78 is 1.90. The molecule has 0 fully saturated rings. The summed E-state index contributed by atoms with van der Waals surface area (Å²) in [6, 6.07) is 2.36. The van der Waals surface area contributed by atoms with Crippen molar-refractivity contribution in [1.29, 1.82) is 0 Å². The molecule has 120 valence electrons. The van der Waals surface area contributed by atoms with E-state index in [9.17, 15) is 4.79 Å². The minimum Gasteiger partial charge on any atom is -0.481 e. The van der Waals surface area contributed by atoms with E-state index >= 15 is 0 Å². The first-order valence-electron chi connectivity index (χ1n) is 7.57. The molecular formula is C16H24N4O2. The third kappa shape index (κ3) is 3.62. The highest BCUT2D eigenvalue weighted by Gasteiger charge is 2.26. The van der Waals surface area contributed by atoms with Crippen LogP contribution in [0.5, 0.6) is 0 Å². The minimum atomic E-state index is -0.765. The van der Waals surface area contributed by atoms with Gasteiger partial charge in [-0.05, 0) is 52.3 Å². The molecule has 0 amide bonds. The van der Waals surface area contributed by atoms with Gasteiger partial charge in [0.2, 0.25) is 0 Å². The van der Waals surface area contributed by atoms with E-state index in [0.717, 1.165) is 16.6 Å². The monoisotopic (exact) mass is 304 g/mol. The van der Waals surface area contributed by atoms with Gasteiger partial charge >= 0.3 is 5.97 Å². The van der Waals surface area contributed by atoms with Gasteiger partial charge in [-0.1, -0.05) is 0 Å². The molecule has 0 bridgehead atoms. The second kappa shape index (κ2) is 6.44. The summed E-state index contributed by atoms with van der Waals surface area (Å²) in [6.07, 6.45) is 4.26.